The molecule has 0 aromatic heterocycles. The van der Waals surface area contributed by atoms with E-state index in [0.717, 1.165) is 31.5 Å². The molecule has 0 bridgehead atoms. The highest BCUT2D eigenvalue weighted by molar-refractivity contribution is 5.85. The predicted molar refractivity (Wildman–Crippen MR) is 110 cm³/mol. The first-order valence-electron chi connectivity index (χ1n) is 9.67. The van der Waals surface area contributed by atoms with Gasteiger partial charge in [0.05, 0.1) is 24.9 Å². The molecule has 2 unspecified atom stereocenters. The quantitative estimate of drug-likeness (QED) is 0.568. The lowest BCUT2D eigenvalue weighted by Crippen LogP contribution is -2.44. The lowest BCUT2D eigenvalue weighted by molar-refractivity contribution is 0.219. The Balaban J connectivity index is 2.09. The smallest absolute Gasteiger partial charge is 0.101 e. The minimum Gasteiger partial charge on any atom is -0.392 e. The highest BCUT2D eigenvalue weighted by Crippen LogP contribution is 2.28. The third-order valence-corrected chi connectivity index (χ3v) is 5.32. The fourth-order valence-corrected chi connectivity index (χ4v) is 3.75. The molecule has 1 heterocycles. The van der Waals surface area contributed by atoms with Crippen molar-refractivity contribution in [3.05, 3.63) is 23.8 Å². The predicted octanol–water partition coefficient (Wildman–Crippen LogP) is 1.01. The highest BCUT2D eigenvalue weighted by atomic mass is 16.3. The van der Waals surface area contributed by atoms with E-state index < -0.39 is 0 Å². The summed E-state index contributed by atoms with van der Waals surface area (Å²) in [5.41, 5.74) is 0.994. The molecule has 0 saturated carbocycles. The molecule has 148 valence electrons. The van der Waals surface area contributed by atoms with Crippen LogP contribution >= 0.6 is 0 Å². The highest BCUT2D eigenvalue weighted by Gasteiger charge is 2.35. The van der Waals surface area contributed by atoms with E-state index in [1.807, 2.05) is 13.1 Å². The largest absolute Gasteiger partial charge is 0.392 e. The van der Waals surface area contributed by atoms with Gasteiger partial charge in [-0.1, -0.05) is 25.2 Å². The fourth-order valence-electron chi connectivity index (χ4n) is 3.75. The molecule has 0 radical (unpaired) electrons. The first-order valence-corrected chi connectivity index (χ1v) is 9.67. The van der Waals surface area contributed by atoms with Crippen LogP contribution in [0.1, 0.15) is 19.8 Å². The number of likely N-dealkylation sites (N-methyl/N-ethyl adjacent to an activating group) is 1. The minimum atomic E-state index is 0.0969. The van der Waals surface area contributed by atoms with Crippen LogP contribution in [0, 0.1) is 5.92 Å². The summed E-state index contributed by atoms with van der Waals surface area (Å²) in [6, 6.07) is 0.432. The zero-order chi connectivity index (χ0) is 19.3. The normalized spacial score (nSPS) is 24.7. The number of hydrogen-bond donors (Lipinski definition) is 2. The Kier molecular flexibility index (Phi) is 7.83. The second-order valence-electron chi connectivity index (χ2n) is 8.10. The van der Waals surface area contributed by atoms with Crippen LogP contribution in [0.4, 0.5) is 0 Å². The lowest BCUT2D eigenvalue weighted by Gasteiger charge is -2.32. The number of amidine groups is 1. The van der Waals surface area contributed by atoms with Crippen LogP contribution < -0.4 is 5.32 Å². The van der Waals surface area contributed by atoms with Crippen molar-refractivity contribution in [2.45, 2.75) is 38.0 Å². The van der Waals surface area contributed by atoms with Crippen molar-refractivity contribution >= 4 is 5.84 Å². The van der Waals surface area contributed by atoms with E-state index in [0.29, 0.717) is 12.1 Å². The Morgan fingerprint density at radius 2 is 2.04 bits per heavy atom. The third-order valence-electron chi connectivity index (χ3n) is 5.32. The molecule has 2 aliphatic rings. The number of fused-ring (bicyclic) bond motifs is 1. The van der Waals surface area contributed by atoms with E-state index >= 15 is 0 Å². The Labute approximate surface area is 159 Å². The molecular formula is C20H37N5O. The van der Waals surface area contributed by atoms with Crippen LogP contribution in [0.15, 0.2) is 28.8 Å². The zero-order valence-electron chi connectivity index (χ0n) is 17.3. The van der Waals surface area contributed by atoms with Gasteiger partial charge in [0, 0.05) is 19.5 Å². The Hall–Kier alpha value is -1.21. The van der Waals surface area contributed by atoms with E-state index in [4.69, 9.17) is 4.99 Å². The summed E-state index contributed by atoms with van der Waals surface area (Å²) in [6.45, 7) is 4.37. The Morgan fingerprint density at radius 1 is 1.31 bits per heavy atom. The molecule has 6 nitrogen and oxygen atoms in total. The summed E-state index contributed by atoms with van der Waals surface area (Å²) in [5, 5.41) is 12.9. The van der Waals surface area contributed by atoms with Crippen LogP contribution in [0.2, 0.25) is 0 Å². The van der Waals surface area contributed by atoms with Gasteiger partial charge in [-0.2, -0.15) is 0 Å². The standard InChI is InChI=1S/C20H37N5O/c1-15(11-19(21-2)24(5)6)12-20-22-17-8-7-16(14-26)13-18(17)25(20)10-9-23(3)4/h7-8,13,15,17-19,21,26H,9-12,14H2,1-6H3/t15-,17?,18?,19+/m0/s1. The SMILES string of the molecule is CN[C@@H](C[C@H](C)CC1=NC2C=CC(CO)=CC2N1CCN(C)C)N(C)C. The van der Waals surface area contributed by atoms with Gasteiger partial charge in [0.2, 0.25) is 0 Å². The van der Waals surface area contributed by atoms with Gasteiger partial charge >= 0.3 is 0 Å². The second kappa shape index (κ2) is 9.65. The maximum atomic E-state index is 9.51. The van der Waals surface area contributed by atoms with Crippen molar-refractivity contribution in [3.8, 4) is 0 Å². The van der Waals surface area contributed by atoms with Crippen LogP contribution in [0.25, 0.3) is 0 Å². The Morgan fingerprint density at radius 3 is 2.62 bits per heavy atom. The minimum absolute atomic E-state index is 0.0969. The van der Waals surface area contributed by atoms with Crippen LogP contribution in [-0.2, 0) is 0 Å². The van der Waals surface area contributed by atoms with E-state index in [2.05, 4.69) is 67.3 Å². The van der Waals surface area contributed by atoms with Gasteiger partial charge in [0.1, 0.15) is 5.84 Å². The summed E-state index contributed by atoms with van der Waals surface area (Å²) < 4.78 is 0. The molecule has 2 rings (SSSR count). The van der Waals surface area contributed by atoms with Crippen LogP contribution in [-0.4, -0.2) is 98.8 Å². The van der Waals surface area contributed by atoms with Gasteiger partial charge < -0.3 is 20.2 Å². The van der Waals surface area contributed by atoms with Crippen molar-refractivity contribution in [1.82, 2.24) is 20.0 Å². The van der Waals surface area contributed by atoms with Crippen molar-refractivity contribution in [2.75, 3.05) is 54.9 Å². The van der Waals surface area contributed by atoms with Gasteiger partial charge in [-0.05, 0) is 53.2 Å². The van der Waals surface area contributed by atoms with Gasteiger partial charge in [-0.3, -0.25) is 9.89 Å². The topological polar surface area (TPSA) is 54.3 Å². The summed E-state index contributed by atoms with van der Waals surface area (Å²) in [4.78, 5) is 11.9. The maximum Gasteiger partial charge on any atom is 0.101 e. The molecule has 0 spiro atoms. The van der Waals surface area contributed by atoms with Gasteiger partial charge in [-0.15, -0.1) is 0 Å². The average molecular weight is 364 g/mol. The molecule has 0 saturated heterocycles. The first kappa shape index (κ1) is 21.1. The molecule has 6 heteroatoms. The number of aliphatic imine (C=N–C) groups is 1. The number of hydrogen-bond acceptors (Lipinski definition) is 6. The summed E-state index contributed by atoms with van der Waals surface area (Å²) in [5.74, 6) is 1.75. The van der Waals surface area contributed by atoms with Crippen molar-refractivity contribution < 1.29 is 5.11 Å². The number of aliphatic hydroxyl groups excluding tert-OH is 1. The number of aliphatic hydroxyl groups is 1. The van der Waals surface area contributed by atoms with Crippen molar-refractivity contribution in [3.63, 3.8) is 0 Å². The molecule has 0 fully saturated rings. The van der Waals surface area contributed by atoms with E-state index in [1.54, 1.807) is 0 Å². The zero-order valence-corrected chi connectivity index (χ0v) is 17.3. The number of nitrogens with one attached hydrogen (secondary N) is 1. The third kappa shape index (κ3) is 5.39. The Bertz CT molecular complexity index is 540. The molecule has 0 aromatic carbocycles. The van der Waals surface area contributed by atoms with E-state index in [1.165, 1.54) is 5.84 Å². The summed E-state index contributed by atoms with van der Waals surface area (Å²) in [6.07, 6.45) is 8.81. The molecule has 0 amide bonds. The summed E-state index contributed by atoms with van der Waals surface area (Å²) >= 11 is 0. The maximum absolute atomic E-state index is 9.51. The molecule has 2 N–H and O–H groups in total. The first-order chi connectivity index (χ1) is 12.3. The molecule has 1 aliphatic heterocycles. The molecular weight excluding hydrogens is 326 g/mol. The van der Waals surface area contributed by atoms with Crippen LogP contribution in [0.3, 0.4) is 0 Å². The van der Waals surface area contributed by atoms with Crippen molar-refractivity contribution in [2.24, 2.45) is 10.9 Å². The number of rotatable bonds is 10. The van der Waals surface area contributed by atoms with E-state index in [9.17, 15) is 5.11 Å². The summed E-state index contributed by atoms with van der Waals surface area (Å²) in [7, 11) is 10.5. The van der Waals surface area contributed by atoms with Gasteiger partial charge in [0.25, 0.3) is 0 Å². The average Bonchev–Trinajstić information content (AvgIpc) is 2.93. The number of nitrogens with zero attached hydrogens (tertiary/aromatic N) is 4. The lowest BCUT2D eigenvalue weighted by atomic mass is 9.97. The van der Waals surface area contributed by atoms with Crippen molar-refractivity contribution in [1.29, 1.82) is 0 Å². The molecule has 26 heavy (non-hydrogen) atoms. The monoisotopic (exact) mass is 363 g/mol. The molecule has 0 aromatic rings. The second-order valence-corrected chi connectivity index (χ2v) is 8.10. The molecule has 1 aliphatic carbocycles. The fraction of sp³-hybridized carbons (Fsp3) is 0.750. The molecule has 4 atom stereocenters. The van der Waals surface area contributed by atoms with Crippen LogP contribution in [0.5, 0.6) is 0 Å². The van der Waals surface area contributed by atoms with Gasteiger partial charge in [0.15, 0.2) is 0 Å². The van der Waals surface area contributed by atoms with E-state index in [-0.39, 0.29) is 18.7 Å². The van der Waals surface area contributed by atoms with Gasteiger partial charge in [-0.25, -0.2) is 0 Å².